The first kappa shape index (κ1) is 11.9. The molecular formula is C11H14N4O. The number of amides is 1. The van der Waals surface area contributed by atoms with Gasteiger partial charge >= 0.3 is 0 Å². The monoisotopic (exact) mass is 218 g/mol. The third kappa shape index (κ3) is 3.53. The van der Waals surface area contributed by atoms with Crippen molar-refractivity contribution >= 4 is 11.7 Å². The van der Waals surface area contributed by atoms with E-state index in [0.717, 1.165) is 0 Å². The molecule has 0 saturated carbocycles. The molecule has 5 nitrogen and oxygen atoms in total. The van der Waals surface area contributed by atoms with Crippen LogP contribution < -0.4 is 10.6 Å². The molecule has 1 amide bonds. The van der Waals surface area contributed by atoms with Gasteiger partial charge in [0.25, 0.3) is 5.91 Å². The van der Waals surface area contributed by atoms with Gasteiger partial charge in [-0.05, 0) is 0 Å². The van der Waals surface area contributed by atoms with Crippen molar-refractivity contribution in [3.8, 4) is 0 Å². The molecule has 0 aliphatic heterocycles. The van der Waals surface area contributed by atoms with Crippen molar-refractivity contribution in [1.29, 1.82) is 0 Å². The summed E-state index contributed by atoms with van der Waals surface area (Å²) in [5.74, 6) is 0.350. The Bertz CT molecular complexity index is 389. The van der Waals surface area contributed by atoms with E-state index < -0.39 is 0 Å². The Balaban J connectivity index is 2.69. The van der Waals surface area contributed by atoms with Crippen molar-refractivity contribution in [3.05, 3.63) is 43.4 Å². The Morgan fingerprint density at radius 3 is 2.75 bits per heavy atom. The average molecular weight is 218 g/mol. The number of carbonyl (C=O) groups is 1. The Hall–Kier alpha value is -2.17. The van der Waals surface area contributed by atoms with E-state index in [1.54, 1.807) is 18.2 Å². The molecule has 0 spiro atoms. The molecular weight excluding hydrogens is 204 g/mol. The highest BCUT2D eigenvalue weighted by molar-refractivity contribution is 5.92. The lowest BCUT2D eigenvalue weighted by molar-refractivity contribution is 0.0953. The van der Waals surface area contributed by atoms with Gasteiger partial charge < -0.3 is 10.6 Å². The number of hydrogen-bond acceptors (Lipinski definition) is 4. The van der Waals surface area contributed by atoms with Crippen LogP contribution in [0.15, 0.2) is 37.7 Å². The van der Waals surface area contributed by atoms with Gasteiger partial charge in [0.05, 0.1) is 0 Å². The number of aromatic nitrogens is 2. The largest absolute Gasteiger partial charge is 0.366 e. The van der Waals surface area contributed by atoms with E-state index in [2.05, 4.69) is 33.8 Å². The maximum absolute atomic E-state index is 11.5. The Morgan fingerprint density at radius 1 is 1.31 bits per heavy atom. The molecule has 1 rings (SSSR count). The van der Waals surface area contributed by atoms with E-state index in [0.29, 0.717) is 24.6 Å². The second-order valence-corrected chi connectivity index (χ2v) is 2.96. The second kappa shape index (κ2) is 6.34. The number of rotatable bonds is 6. The maximum atomic E-state index is 11.5. The molecule has 1 heterocycles. The summed E-state index contributed by atoms with van der Waals surface area (Å²) in [4.78, 5) is 19.4. The molecule has 0 aromatic carbocycles. The van der Waals surface area contributed by atoms with Crippen LogP contribution in [-0.4, -0.2) is 29.0 Å². The highest BCUT2D eigenvalue weighted by Crippen LogP contribution is 2.03. The number of carbonyl (C=O) groups excluding carboxylic acids is 1. The standard InChI is InChI=1S/C11H14N4O/c1-3-5-12-10-7-9(14-8-15-10)11(16)13-6-4-2/h3-4,7-8H,1-2,5-6H2,(H,13,16)(H,12,14,15). The molecule has 84 valence electrons. The zero-order valence-electron chi connectivity index (χ0n) is 8.94. The van der Waals surface area contributed by atoms with E-state index in [4.69, 9.17) is 0 Å². The van der Waals surface area contributed by atoms with Crippen LogP contribution >= 0.6 is 0 Å². The van der Waals surface area contributed by atoms with Crippen molar-refractivity contribution < 1.29 is 4.79 Å². The van der Waals surface area contributed by atoms with Crippen LogP contribution in [0.3, 0.4) is 0 Å². The van der Waals surface area contributed by atoms with Gasteiger partial charge in [-0.3, -0.25) is 4.79 Å². The van der Waals surface area contributed by atoms with Gasteiger partial charge in [-0.25, -0.2) is 9.97 Å². The summed E-state index contributed by atoms with van der Waals surface area (Å²) in [6.07, 6.45) is 4.66. The Morgan fingerprint density at radius 2 is 2.06 bits per heavy atom. The first-order chi connectivity index (χ1) is 7.77. The molecule has 16 heavy (non-hydrogen) atoms. The van der Waals surface area contributed by atoms with E-state index in [9.17, 15) is 4.79 Å². The number of hydrogen-bond donors (Lipinski definition) is 2. The molecule has 1 aromatic heterocycles. The van der Waals surface area contributed by atoms with E-state index in [-0.39, 0.29) is 5.91 Å². The number of nitrogens with one attached hydrogen (secondary N) is 2. The lowest BCUT2D eigenvalue weighted by atomic mass is 10.3. The lowest BCUT2D eigenvalue weighted by Crippen LogP contribution is -2.24. The third-order valence-corrected chi connectivity index (χ3v) is 1.73. The minimum absolute atomic E-state index is 0.246. The van der Waals surface area contributed by atoms with Gasteiger partial charge in [0.2, 0.25) is 0 Å². The fraction of sp³-hybridized carbons (Fsp3) is 0.182. The lowest BCUT2D eigenvalue weighted by Gasteiger charge is -2.04. The molecule has 0 aliphatic rings. The first-order valence-electron chi connectivity index (χ1n) is 4.84. The molecule has 0 unspecified atom stereocenters. The minimum Gasteiger partial charge on any atom is -0.366 e. The van der Waals surface area contributed by atoms with Crippen molar-refractivity contribution in [3.63, 3.8) is 0 Å². The predicted molar refractivity (Wildman–Crippen MR) is 63.2 cm³/mol. The highest BCUT2D eigenvalue weighted by Gasteiger charge is 2.06. The van der Waals surface area contributed by atoms with E-state index >= 15 is 0 Å². The van der Waals surface area contributed by atoms with Crippen molar-refractivity contribution in [1.82, 2.24) is 15.3 Å². The molecule has 0 fully saturated rings. The minimum atomic E-state index is -0.246. The van der Waals surface area contributed by atoms with Gasteiger partial charge in [-0.15, -0.1) is 13.2 Å². The fourth-order valence-electron chi connectivity index (χ4n) is 1.01. The molecule has 0 bridgehead atoms. The highest BCUT2D eigenvalue weighted by atomic mass is 16.1. The van der Waals surface area contributed by atoms with Gasteiger partial charge in [0, 0.05) is 19.2 Å². The molecule has 0 atom stereocenters. The van der Waals surface area contributed by atoms with Gasteiger partial charge in [0.1, 0.15) is 17.8 Å². The fourth-order valence-corrected chi connectivity index (χ4v) is 1.01. The van der Waals surface area contributed by atoms with Crippen molar-refractivity contribution in [2.75, 3.05) is 18.4 Å². The normalized spacial score (nSPS) is 9.25. The topological polar surface area (TPSA) is 66.9 Å². The van der Waals surface area contributed by atoms with Crippen molar-refractivity contribution in [2.45, 2.75) is 0 Å². The summed E-state index contributed by atoms with van der Waals surface area (Å²) in [6, 6.07) is 1.59. The quantitative estimate of drug-likeness (QED) is 0.699. The Labute approximate surface area is 94.3 Å². The molecule has 0 saturated heterocycles. The third-order valence-electron chi connectivity index (χ3n) is 1.73. The van der Waals surface area contributed by atoms with E-state index in [1.807, 2.05) is 0 Å². The molecule has 5 heteroatoms. The summed E-state index contributed by atoms with van der Waals surface area (Å²) >= 11 is 0. The number of anilines is 1. The summed E-state index contributed by atoms with van der Waals surface area (Å²) in [5.41, 5.74) is 0.323. The summed E-state index contributed by atoms with van der Waals surface area (Å²) < 4.78 is 0. The van der Waals surface area contributed by atoms with Crippen LogP contribution in [0.1, 0.15) is 10.5 Å². The van der Waals surface area contributed by atoms with Gasteiger partial charge in [-0.1, -0.05) is 12.2 Å². The second-order valence-electron chi connectivity index (χ2n) is 2.96. The van der Waals surface area contributed by atoms with Gasteiger partial charge in [0.15, 0.2) is 0 Å². The zero-order valence-corrected chi connectivity index (χ0v) is 8.94. The average Bonchev–Trinajstić information content (AvgIpc) is 2.33. The smallest absolute Gasteiger partial charge is 0.270 e. The number of nitrogens with zero attached hydrogens (tertiary/aromatic N) is 2. The van der Waals surface area contributed by atoms with Crippen LogP contribution in [0.5, 0.6) is 0 Å². The summed E-state index contributed by atoms with van der Waals surface area (Å²) in [5, 5.41) is 5.61. The molecule has 1 aromatic rings. The molecule has 0 radical (unpaired) electrons. The van der Waals surface area contributed by atoms with Crippen LogP contribution in [-0.2, 0) is 0 Å². The zero-order chi connectivity index (χ0) is 11.8. The van der Waals surface area contributed by atoms with E-state index in [1.165, 1.54) is 6.33 Å². The van der Waals surface area contributed by atoms with Crippen LogP contribution in [0.2, 0.25) is 0 Å². The van der Waals surface area contributed by atoms with Crippen molar-refractivity contribution in [2.24, 2.45) is 0 Å². The van der Waals surface area contributed by atoms with Gasteiger partial charge in [-0.2, -0.15) is 0 Å². The first-order valence-corrected chi connectivity index (χ1v) is 4.84. The summed E-state index contributed by atoms with van der Waals surface area (Å²) in [7, 11) is 0. The molecule has 2 N–H and O–H groups in total. The van der Waals surface area contributed by atoms with Crippen LogP contribution in [0, 0.1) is 0 Å². The Kier molecular flexibility index (Phi) is 4.72. The maximum Gasteiger partial charge on any atom is 0.270 e. The SMILES string of the molecule is C=CCNC(=O)c1cc(NCC=C)ncn1. The van der Waals surface area contributed by atoms with Crippen LogP contribution in [0.4, 0.5) is 5.82 Å². The summed E-state index contributed by atoms with van der Waals surface area (Å²) in [6.45, 7) is 8.09. The molecule has 0 aliphatic carbocycles. The predicted octanol–water partition coefficient (Wildman–Crippen LogP) is 0.990. The van der Waals surface area contributed by atoms with Crippen LogP contribution in [0.25, 0.3) is 0 Å².